The van der Waals surface area contributed by atoms with Gasteiger partial charge in [-0.15, -0.1) is 0 Å². The van der Waals surface area contributed by atoms with Gasteiger partial charge >= 0.3 is 5.97 Å². The lowest BCUT2D eigenvalue weighted by molar-refractivity contribution is -0.320. The molecular formula is C32H45NO10. The van der Waals surface area contributed by atoms with E-state index in [1.165, 1.54) is 7.11 Å². The van der Waals surface area contributed by atoms with Crippen LogP contribution < -0.4 is 0 Å². The van der Waals surface area contributed by atoms with Crippen molar-refractivity contribution in [1.82, 2.24) is 4.90 Å². The van der Waals surface area contributed by atoms with Crippen LogP contribution in [0, 0.1) is 34.5 Å². The van der Waals surface area contributed by atoms with E-state index in [2.05, 4.69) is 11.8 Å². The average Bonchev–Trinajstić information content (AvgIpc) is 3.39. The number of rotatable bonds is 8. The molecule has 1 aromatic carbocycles. The fourth-order valence-electron chi connectivity index (χ4n) is 11.9. The zero-order chi connectivity index (χ0) is 30.7. The monoisotopic (exact) mass is 603 g/mol. The highest BCUT2D eigenvalue weighted by molar-refractivity contribution is 5.89. The minimum absolute atomic E-state index is 0.106. The molecular weight excluding hydrogens is 558 g/mol. The number of benzene rings is 1. The van der Waals surface area contributed by atoms with Crippen molar-refractivity contribution in [3.05, 3.63) is 35.9 Å². The van der Waals surface area contributed by atoms with Crippen molar-refractivity contribution in [3.8, 4) is 0 Å². The molecule has 5 saturated carbocycles. The number of methoxy groups -OCH3 is 4. The van der Waals surface area contributed by atoms with E-state index >= 15 is 0 Å². The van der Waals surface area contributed by atoms with Gasteiger partial charge in [-0.05, 0) is 31.0 Å². The molecule has 6 fully saturated rings. The topological polar surface area (TPSA) is 147 Å². The van der Waals surface area contributed by atoms with Crippen LogP contribution in [0.15, 0.2) is 30.3 Å². The van der Waals surface area contributed by atoms with Crippen molar-refractivity contribution in [2.24, 2.45) is 34.5 Å². The van der Waals surface area contributed by atoms with E-state index in [1.807, 2.05) is 0 Å². The van der Waals surface area contributed by atoms with Gasteiger partial charge in [0.15, 0.2) is 0 Å². The van der Waals surface area contributed by atoms with Gasteiger partial charge in [0.2, 0.25) is 0 Å². The minimum atomic E-state index is -1.86. The zero-order valence-corrected chi connectivity index (χ0v) is 25.5. The van der Waals surface area contributed by atoms with Gasteiger partial charge in [-0.3, -0.25) is 4.90 Å². The minimum Gasteiger partial charge on any atom is -0.455 e. The summed E-state index contributed by atoms with van der Waals surface area (Å²) in [5.74, 6) is -2.94. The Bertz CT molecular complexity index is 1250. The largest absolute Gasteiger partial charge is 0.455 e. The molecule has 4 N–H and O–H groups in total. The quantitative estimate of drug-likeness (QED) is 0.300. The van der Waals surface area contributed by atoms with E-state index in [0.717, 1.165) is 0 Å². The van der Waals surface area contributed by atoms with Crippen LogP contribution in [-0.4, -0.2) is 133 Å². The van der Waals surface area contributed by atoms with Crippen LogP contribution in [-0.2, 0) is 23.7 Å². The second kappa shape index (κ2) is 9.91. The standard InChI is InChI=1S/C32H45NO10/c1-6-33-14-29(15-39-2)18(34)12-19(40-3)31-17-13-30(37)26(43-28(36)16-10-8-7-9-11-16)20(17)32(38,25(35)27(30)42-5)21(24(31)33)22(41-4)23(29)31/h7-11,17-27,34-35,37-38H,6,12-15H2,1-5H3/t17-,18-,19?,20-,21?,22?,23-,24?,25+,26-,27+,29+,30-,31?,32-/m1/s1. The van der Waals surface area contributed by atoms with Gasteiger partial charge in [0.25, 0.3) is 0 Å². The van der Waals surface area contributed by atoms with Crippen LogP contribution in [0.5, 0.6) is 0 Å². The molecule has 7 rings (SSSR count). The van der Waals surface area contributed by atoms with Crippen molar-refractivity contribution in [1.29, 1.82) is 0 Å². The molecule has 11 nitrogen and oxygen atoms in total. The predicted octanol–water partition coefficient (Wildman–Crippen LogP) is 0.0773. The Hall–Kier alpha value is -1.67. The molecule has 0 aromatic heterocycles. The highest BCUT2D eigenvalue weighted by Crippen LogP contribution is 2.80. The summed E-state index contributed by atoms with van der Waals surface area (Å²) in [6, 6.07) is 8.25. The summed E-state index contributed by atoms with van der Waals surface area (Å²) in [5, 5.41) is 49.7. The molecule has 1 spiro atoms. The van der Waals surface area contributed by atoms with E-state index in [-0.39, 0.29) is 25.0 Å². The van der Waals surface area contributed by atoms with E-state index in [1.54, 1.807) is 51.7 Å². The molecule has 0 amide bonds. The Balaban J connectivity index is 1.48. The van der Waals surface area contributed by atoms with E-state index < -0.39 is 82.4 Å². The summed E-state index contributed by atoms with van der Waals surface area (Å²) in [5.41, 5.74) is -4.81. The first-order valence-electron chi connectivity index (χ1n) is 15.5. The van der Waals surface area contributed by atoms with Crippen LogP contribution in [0.25, 0.3) is 0 Å². The summed E-state index contributed by atoms with van der Waals surface area (Å²) in [4.78, 5) is 15.8. The van der Waals surface area contributed by atoms with Gasteiger partial charge in [-0.1, -0.05) is 25.1 Å². The van der Waals surface area contributed by atoms with Crippen molar-refractivity contribution < 1.29 is 48.9 Å². The second-order valence-corrected chi connectivity index (χ2v) is 13.9. The first kappa shape index (κ1) is 30.0. The smallest absolute Gasteiger partial charge is 0.338 e. The number of hydrogen-bond donors (Lipinski definition) is 4. The number of aliphatic hydroxyl groups excluding tert-OH is 2. The lowest BCUT2D eigenvalue weighted by atomic mass is 9.42. The summed E-state index contributed by atoms with van der Waals surface area (Å²) < 4.78 is 30.5. The Morgan fingerprint density at radius 1 is 1.00 bits per heavy atom. The van der Waals surface area contributed by atoms with Crippen LogP contribution in [0.1, 0.15) is 30.1 Å². The lowest BCUT2D eigenvalue weighted by Crippen LogP contribution is -2.81. The molecule has 1 heterocycles. The van der Waals surface area contributed by atoms with Gasteiger partial charge in [-0.2, -0.15) is 0 Å². The molecule has 7 bridgehead atoms. The Morgan fingerprint density at radius 3 is 2.33 bits per heavy atom. The summed E-state index contributed by atoms with van der Waals surface area (Å²) >= 11 is 0. The zero-order valence-electron chi connectivity index (χ0n) is 25.5. The SMILES string of the molecule is CCN1C[C@]2(COC)[C@H](O)CC(OC)C34C1C(C(OC)[C@@H]32)[C@]1(O)[C@@H]2[C@H]4C[C@@](O)([C@@H]2OC(=O)c2ccccc2)[C@@H](OC)[C@@H]1O. The third-order valence-corrected chi connectivity index (χ3v) is 12.9. The predicted molar refractivity (Wildman–Crippen MR) is 151 cm³/mol. The average molecular weight is 604 g/mol. The van der Waals surface area contributed by atoms with Crippen molar-refractivity contribution in [3.63, 3.8) is 0 Å². The molecule has 1 aromatic rings. The molecule has 5 aliphatic carbocycles. The summed E-state index contributed by atoms with van der Waals surface area (Å²) in [7, 11) is 6.29. The number of likely N-dealkylation sites (tertiary alicyclic amines) is 1. The molecule has 238 valence electrons. The van der Waals surface area contributed by atoms with Gasteiger partial charge in [-0.25, -0.2) is 4.79 Å². The van der Waals surface area contributed by atoms with Crippen LogP contribution in [0.4, 0.5) is 0 Å². The number of ether oxygens (including phenoxy) is 5. The van der Waals surface area contributed by atoms with E-state index in [9.17, 15) is 25.2 Å². The van der Waals surface area contributed by atoms with E-state index in [4.69, 9.17) is 23.7 Å². The summed E-state index contributed by atoms with van der Waals surface area (Å²) in [6.07, 6.45) is -5.27. The maximum atomic E-state index is 13.6. The molecule has 1 saturated heterocycles. The van der Waals surface area contributed by atoms with Gasteiger partial charge in [0, 0.05) is 76.0 Å². The third-order valence-electron chi connectivity index (χ3n) is 12.9. The van der Waals surface area contributed by atoms with Crippen molar-refractivity contribution in [2.75, 3.05) is 48.1 Å². The Morgan fingerprint density at radius 2 is 1.72 bits per heavy atom. The lowest BCUT2D eigenvalue weighted by Gasteiger charge is -2.70. The maximum absolute atomic E-state index is 13.6. The molecule has 6 aliphatic rings. The highest BCUT2D eigenvalue weighted by Gasteiger charge is 2.91. The number of esters is 1. The van der Waals surface area contributed by atoms with Crippen molar-refractivity contribution >= 4 is 5.97 Å². The van der Waals surface area contributed by atoms with Crippen LogP contribution >= 0.6 is 0 Å². The molecule has 1 aliphatic heterocycles. The number of fused-ring (bicyclic) bond motifs is 2. The fraction of sp³-hybridized carbons (Fsp3) is 0.781. The molecule has 5 unspecified atom stereocenters. The Kier molecular flexibility index (Phi) is 6.92. The fourth-order valence-corrected chi connectivity index (χ4v) is 11.9. The third kappa shape index (κ3) is 3.28. The number of nitrogens with zero attached hydrogens (tertiary/aromatic N) is 1. The molecule has 0 radical (unpaired) electrons. The number of hydrogen-bond acceptors (Lipinski definition) is 11. The van der Waals surface area contributed by atoms with Crippen LogP contribution in [0.3, 0.4) is 0 Å². The second-order valence-electron chi connectivity index (χ2n) is 13.9. The number of aliphatic hydroxyl groups is 4. The first-order chi connectivity index (χ1) is 20.6. The first-order valence-corrected chi connectivity index (χ1v) is 15.5. The highest BCUT2D eigenvalue weighted by atomic mass is 16.6. The molecule has 15 atom stereocenters. The maximum Gasteiger partial charge on any atom is 0.338 e. The van der Waals surface area contributed by atoms with Gasteiger partial charge in [0.1, 0.15) is 29.5 Å². The number of carbonyl (C=O) groups is 1. The van der Waals surface area contributed by atoms with E-state index in [0.29, 0.717) is 25.1 Å². The normalized spacial score (nSPS) is 52.7. The Labute approximate surface area is 252 Å². The number of piperidine rings is 1. The van der Waals surface area contributed by atoms with Gasteiger partial charge in [0.05, 0.1) is 30.5 Å². The summed E-state index contributed by atoms with van der Waals surface area (Å²) in [6.45, 7) is 3.46. The number of carbonyl (C=O) groups excluding carboxylic acids is 1. The van der Waals surface area contributed by atoms with Gasteiger partial charge < -0.3 is 44.1 Å². The molecule has 43 heavy (non-hydrogen) atoms. The molecule has 11 heteroatoms. The van der Waals surface area contributed by atoms with Crippen molar-refractivity contribution in [2.45, 2.75) is 73.6 Å². The van der Waals surface area contributed by atoms with Crippen LogP contribution in [0.2, 0.25) is 0 Å².